The summed E-state index contributed by atoms with van der Waals surface area (Å²) in [6, 6.07) is 9.05. The summed E-state index contributed by atoms with van der Waals surface area (Å²) in [6.07, 6.45) is 2.93. The molecule has 2 aliphatic rings. The Morgan fingerprint density at radius 2 is 2.00 bits per heavy atom. The first kappa shape index (κ1) is 22.3. The van der Waals surface area contributed by atoms with Crippen LogP contribution in [0.5, 0.6) is 0 Å². The molecular weight excluding hydrogens is 411 g/mol. The molecule has 2 unspecified atom stereocenters. The van der Waals surface area contributed by atoms with Gasteiger partial charge in [-0.2, -0.15) is 5.10 Å². The summed E-state index contributed by atoms with van der Waals surface area (Å²) in [5, 5.41) is 7.21. The Morgan fingerprint density at radius 3 is 2.72 bits per heavy atom. The molecule has 172 valence electrons. The second kappa shape index (κ2) is 8.56. The minimum atomic E-state index is -1.52. The third kappa shape index (κ3) is 4.79. The number of benzene rings is 1. The van der Waals surface area contributed by atoms with E-state index in [0.717, 1.165) is 12.1 Å². The number of aryl methyl sites for hydroxylation is 1. The van der Waals surface area contributed by atoms with Crippen molar-refractivity contribution in [2.45, 2.75) is 57.8 Å². The van der Waals surface area contributed by atoms with E-state index in [9.17, 15) is 9.59 Å². The third-order valence-corrected chi connectivity index (χ3v) is 6.14. The van der Waals surface area contributed by atoms with Crippen molar-refractivity contribution in [2.75, 3.05) is 19.6 Å². The molecule has 8 heteroatoms. The lowest BCUT2D eigenvalue weighted by molar-refractivity contribution is 0.0515. The van der Waals surface area contributed by atoms with Crippen LogP contribution in [0.1, 0.15) is 55.2 Å². The first-order chi connectivity index (χ1) is 15.1. The van der Waals surface area contributed by atoms with E-state index in [0.29, 0.717) is 37.2 Å². The summed E-state index contributed by atoms with van der Waals surface area (Å²) < 4.78 is 22.7. The average molecular weight is 443 g/mol. The van der Waals surface area contributed by atoms with E-state index in [1.807, 2.05) is 43.7 Å². The van der Waals surface area contributed by atoms with Gasteiger partial charge in [-0.15, -0.1) is 0 Å². The van der Waals surface area contributed by atoms with Crippen molar-refractivity contribution in [3.63, 3.8) is 0 Å². The maximum atomic E-state index is 15.5. The number of likely N-dealkylation sites (tertiary alicyclic amines) is 1. The molecule has 7 nitrogen and oxygen atoms in total. The summed E-state index contributed by atoms with van der Waals surface area (Å²) in [5.41, 5.74) is -0.0711. The fourth-order valence-corrected chi connectivity index (χ4v) is 4.48. The van der Waals surface area contributed by atoms with Crippen LogP contribution in [0.3, 0.4) is 0 Å². The van der Waals surface area contributed by atoms with Crippen LogP contribution in [0, 0.1) is 5.92 Å². The Bertz CT molecular complexity index is 985. The van der Waals surface area contributed by atoms with Gasteiger partial charge in [-0.05, 0) is 45.1 Å². The van der Waals surface area contributed by atoms with Gasteiger partial charge in [-0.3, -0.25) is 9.48 Å². The van der Waals surface area contributed by atoms with Crippen LogP contribution in [0.25, 0.3) is 0 Å². The molecule has 0 aliphatic carbocycles. The molecule has 2 aliphatic heterocycles. The molecule has 1 fully saturated rings. The van der Waals surface area contributed by atoms with Crippen LogP contribution < -0.4 is 5.32 Å². The number of carbonyl (C=O) groups is 2. The van der Waals surface area contributed by atoms with Gasteiger partial charge >= 0.3 is 6.09 Å². The van der Waals surface area contributed by atoms with Crippen LogP contribution in [0.4, 0.5) is 9.18 Å². The monoisotopic (exact) mass is 442 g/mol. The predicted octanol–water partition coefficient (Wildman–Crippen LogP) is 3.68. The van der Waals surface area contributed by atoms with Crippen molar-refractivity contribution in [3.8, 4) is 0 Å². The molecule has 3 heterocycles. The number of alkyl carbamates (subject to hydrolysis) is 1. The first-order valence-corrected chi connectivity index (χ1v) is 11.2. The van der Waals surface area contributed by atoms with Gasteiger partial charge in [0.05, 0.1) is 24.0 Å². The third-order valence-electron chi connectivity index (χ3n) is 6.14. The van der Waals surface area contributed by atoms with Crippen LogP contribution in [0.15, 0.2) is 36.5 Å². The normalized spacial score (nSPS) is 23.0. The Balaban J connectivity index is 1.40. The molecule has 0 saturated carbocycles. The topological polar surface area (TPSA) is 76.5 Å². The Kier molecular flexibility index (Phi) is 5.97. The Morgan fingerprint density at radius 1 is 1.25 bits per heavy atom. The number of alkyl halides is 1. The lowest BCUT2D eigenvalue weighted by Crippen LogP contribution is -2.37. The Hall–Kier alpha value is -2.90. The number of carbonyl (C=O) groups excluding carboxylic acids is 2. The molecule has 32 heavy (non-hydrogen) atoms. The average Bonchev–Trinajstić information content (AvgIpc) is 3.35. The van der Waals surface area contributed by atoms with Gasteiger partial charge in [0.1, 0.15) is 5.60 Å². The summed E-state index contributed by atoms with van der Waals surface area (Å²) in [4.78, 5) is 26.8. The number of halogens is 1. The van der Waals surface area contributed by atoms with E-state index < -0.39 is 17.4 Å². The molecule has 1 N–H and O–H groups in total. The number of hydrogen-bond acceptors (Lipinski definition) is 4. The standard InChI is InChI=1S/C24H31FN4O3/c1-23(2,3)32-22(31)26-14-17-9-11-29-20(13-17)19(15-27-29)21(30)28-12-10-24(25,16-28)18-7-5-4-6-8-18/h4-8,15,17H,9-14,16H2,1-3H3,(H,26,31). The number of ether oxygens (including phenoxy) is 1. The number of hydrogen-bond donors (Lipinski definition) is 1. The van der Waals surface area contributed by atoms with Crippen LogP contribution in [-0.2, 0) is 23.4 Å². The van der Waals surface area contributed by atoms with Gasteiger partial charge in [0.2, 0.25) is 0 Å². The molecule has 1 saturated heterocycles. The van der Waals surface area contributed by atoms with Gasteiger partial charge in [0.25, 0.3) is 5.91 Å². The summed E-state index contributed by atoms with van der Waals surface area (Å²) in [6.45, 7) is 7.05. The fraction of sp³-hybridized carbons (Fsp3) is 0.542. The zero-order valence-electron chi connectivity index (χ0n) is 18.9. The van der Waals surface area contributed by atoms with E-state index in [1.54, 1.807) is 23.2 Å². The number of rotatable bonds is 4. The van der Waals surface area contributed by atoms with Crippen molar-refractivity contribution in [1.29, 1.82) is 0 Å². The van der Waals surface area contributed by atoms with Crippen LogP contribution in [0.2, 0.25) is 0 Å². The molecular formula is C24H31FN4O3. The second-order valence-corrected chi connectivity index (χ2v) is 9.78. The number of nitrogens with one attached hydrogen (secondary N) is 1. The van der Waals surface area contributed by atoms with E-state index in [4.69, 9.17) is 4.74 Å². The molecule has 4 rings (SSSR count). The van der Waals surface area contributed by atoms with Gasteiger partial charge < -0.3 is 15.0 Å². The van der Waals surface area contributed by atoms with Gasteiger partial charge in [0.15, 0.2) is 5.67 Å². The summed E-state index contributed by atoms with van der Waals surface area (Å²) >= 11 is 0. The minimum absolute atomic E-state index is 0.0457. The number of nitrogens with zero attached hydrogens (tertiary/aromatic N) is 3. The maximum Gasteiger partial charge on any atom is 0.407 e. The molecule has 0 spiro atoms. The van der Waals surface area contributed by atoms with Crippen molar-refractivity contribution in [1.82, 2.24) is 20.0 Å². The van der Waals surface area contributed by atoms with Gasteiger partial charge in [-0.1, -0.05) is 30.3 Å². The molecule has 1 aromatic heterocycles. The molecule has 1 aromatic carbocycles. The van der Waals surface area contributed by atoms with E-state index in [2.05, 4.69) is 10.4 Å². The highest BCUT2D eigenvalue weighted by atomic mass is 19.1. The second-order valence-electron chi connectivity index (χ2n) is 9.78. The fourth-order valence-electron chi connectivity index (χ4n) is 4.48. The number of aromatic nitrogens is 2. The zero-order chi connectivity index (χ0) is 22.9. The van der Waals surface area contributed by atoms with Crippen molar-refractivity contribution in [3.05, 3.63) is 53.3 Å². The molecule has 0 bridgehead atoms. The lowest BCUT2D eigenvalue weighted by atomic mass is 9.94. The summed E-state index contributed by atoms with van der Waals surface area (Å²) in [5.74, 6) is 0.00360. The Labute approximate surface area is 187 Å². The van der Waals surface area contributed by atoms with Crippen molar-refractivity contribution < 1.29 is 18.7 Å². The molecule has 0 radical (unpaired) electrons. The first-order valence-electron chi connectivity index (χ1n) is 11.2. The lowest BCUT2D eigenvalue weighted by Gasteiger charge is -2.26. The summed E-state index contributed by atoms with van der Waals surface area (Å²) in [7, 11) is 0. The number of fused-ring (bicyclic) bond motifs is 1. The smallest absolute Gasteiger partial charge is 0.407 e. The molecule has 2 amide bonds. The highest BCUT2D eigenvalue weighted by Crippen LogP contribution is 2.37. The zero-order valence-corrected chi connectivity index (χ0v) is 18.9. The quantitative estimate of drug-likeness (QED) is 0.784. The minimum Gasteiger partial charge on any atom is -0.444 e. The molecule has 2 atom stereocenters. The largest absolute Gasteiger partial charge is 0.444 e. The van der Waals surface area contributed by atoms with Crippen molar-refractivity contribution >= 4 is 12.0 Å². The van der Waals surface area contributed by atoms with Crippen LogP contribution >= 0.6 is 0 Å². The maximum absolute atomic E-state index is 15.5. The van der Waals surface area contributed by atoms with E-state index in [1.165, 1.54) is 0 Å². The highest BCUT2D eigenvalue weighted by Gasteiger charge is 2.42. The highest BCUT2D eigenvalue weighted by molar-refractivity contribution is 5.95. The molecule has 2 aromatic rings. The van der Waals surface area contributed by atoms with E-state index >= 15 is 4.39 Å². The van der Waals surface area contributed by atoms with Gasteiger partial charge in [0, 0.05) is 26.1 Å². The van der Waals surface area contributed by atoms with Crippen LogP contribution in [-0.4, -0.2) is 51.9 Å². The van der Waals surface area contributed by atoms with Gasteiger partial charge in [-0.25, -0.2) is 9.18 Å². The van der Waals surface area contributed by atoms with E-state index in [-0.39, 0.29) is 24.8 Å². The van der Waals surface area contributed by atoms with Crippen molar-refractivity contribution in [2.24, 2.45) is 5.92 Å². The predicted molar refractivity (Wildman–Crippen MR) is 118 cm³/mol. The SMILES string of the molecule is CC(C)(C)OC(=O)NCC1CCn2ncc(C(=O)N3CCC(F)(c4ccccc4)C3)c2C1. The number of amides is 2.